The minimum Gasteiger partial charge on any atom is -0.352 e. The summed E-state index contributed by atoms with van der Waals surface area (Å²) in [7, 11) is -0.755. The lowest BCUT2D eigenvalue weighted by Gasteiger charge is -2.32. The van der Waals surface area contributed by atoms with E-state index in [0.717, 1.165) is 36.3 Å². The number of carbonyl (C=O) groups excluding carboxylic acids is 2. The van der Waals surface area contributed by atoms with Gasteiger partial charge >= 0.3 is 0 Å². The number of hydrogen-bond acceptors (Lipinski definition) is 5. The molecule has 1 saturated carbocycles. The number of rotatable bonds is 7. The highest BCUT2D eigenvalue weighted by atomic mass is 32.2. The Balaban J connectivity index is 1.48. The van der Waals surface area contributed by atoms with Gasteiger partial charge in [0.1, 0.15) is 0 Å². The van der Waals surface area contributed by atoms with Gasteiger partial charge in [0.2, 0.25) is 15.9 Å². The molecule has 0 unspecified atom stereocenters. The standard InChI is InChI=1S/C19H28N4O4S/c1-22(2)28(26,27)17-5-3-4-14(12-17)19(25)20-13-18(24)21-15-8-10-23(11-9-15)16-6-7-16/h3-5,12,15-16H,6-11,13H2,1-2H3,(H,20,25)(H,21,24). The topological polar surface area (TPSA) is 98.8 Å². The average Bonchev–Trinajstić information content (AvgIpc) is 3.52. The molecule has 2 aliphatic rings. The van der Waals surface area contributed by atoms with Gasteiger partial charge in [-0.1, -0.05) is 6.07 Å². The molecular formula is C19H28N4O4S. The first-order valence-electron chi connectivity index (χ1n) is 9.61. The summed E-state index contributed by atoms with van der Waals surface area (Å²) >= 11 is 0. The van der Waals surface area contributed by atoms with Gasteiger partial charge in [-0.25, -0.2) is 12.7 Å². The van der Waals surface area contributed by atoms with E-state index in [9.17, 15) is 18.0 Å². The highest BCUT2D eigenvalue weighted by molar-refractivity contribution is 7.89. The van der Waals surface area contributed by atoms with Gasteiger partial charge in [0.05, 0.1) is 11.4 Å². The summed E-state index contributed by atoms with van der Waals surface area (Å²) in [5.74, 6) is -0.704. The highest BCUT2D eigenvalue weighted by Gasteiger charge is 2.32. The summed E-state index contributed by atoms with van der Waals surface area (Å²) in [5.41, 5.74) is 0.202. The largest absolute Gasteiger partial charge is 0.352 e. The number of hydrogen-bond donors (Lipinski definition) is 2. The molecule has 0 radical (unpaired) electrons. The molecule has 1 aliphatic heterocycles. The molecular weight excluding hydrogens is 380 g/mol. The third-order valence-electron chi connectivity index (χ3n) is 5.24. The molecule has 2 amide bonds. The van der Waals surface area contributed by atoms with E-state index in [0.29, 0.717) is 0 Å². The molecule has 0 aromatic heterocycles. The van der Waals surface area contributed by atoms with E-state index in [1.54, 1.807) is 0 Å². The summed E-state index contributed by atoms with van der Waals surface area (Å²) in [6, 6.07) is 6.69. The zero-order valence-electron chi connectivity index (χ0n) is 16.3. The Labute approximate surface area is 166 Å². The number of likely N-dealkylation sites (tertiary alicyclic amines) is 1. The van der Waals surface area contributed by atoms with Crippen molar-refractivity contribution >= 4 is 21.8 Å². The van der Waals surface area contributed by atoms with Gasteiger partial charge in [0, 0.05) is 44.8 Å². The fourth-order valence-corrected chi connectivity index (χ4v) is 4.35. The minimum atomic E-state index is -3.62. The molecule has 1 saturated heterocycles. The number of piperidine rings is 1. The fourth-order valence-electron chi connectivity index (χ4n) is 3.40. The zero-order chi connectivity index (χ0) is 20.3. The molecule has 0 atom stereocenters. The van der Waals surface area contributed by atoms with Crippen molar-refractivity contribution in [2.45, 2.75) is 42.7 Å². The van der Waals surface area contributed by atoms with Crippen LogP contribution in [0.1, 0.15) is 36.0 Å². The summed E-state index contributed by atoms with van der Waals surface area (Å²) in [6.45, 7) is 1.89. The van der Waals surface area contributed by atoms with Crippen LogP contribution in [-0.4, -0.2) is 75.3 Å². The molecule has 3 rings (SSSR count). The maximum absolute atomic E-state index is 12.3. The third-order valence-corrected chi connectivity index (χ3v) is 7.05. The molecule has 1 aromatic rings. The van der Waals surface area contributed by atoms with E-state index >= 15 is 0 Å². The monoisotopic (exact) mass is 408 g/mol. The Morgan fingerprint density at radius 2 is 1.82 bits per heavy atom. The van der Waals surface area contributed by atoms with E-state index in [2.05, 4.69) is 15.5 Å². The van der Waals surface area contributed by atoms with Crippen LogP contribution in [0.15, 0.2) is 29.2 Å². The second-order valence-corrected chi connectivity index (χ2v) is 9.76. The van der Waals surface area contributed by atoms with Crippen molar-refractivity contribution in [3.05, 3.63) is 29.8 Å². The Bertz CT molecular complexity index is 828. The number of nitrogens with zero attached hydrogens (tertiary/aromatic N) is 2. The van der Waals surface area contributed by atoms with Crippen molar-refractivity contribution in [1.82, 2.24) is 19.8 Å². The van der Waals surface area contributed by atoms with E-state index in [-0.39, 0.29) is 29.0 Å². The molecule has 9 heteroatoms. The van der Waals surface area contributed by atoms with Gasteiger partial charge in [0.15, 0.2) is 0 Å². The van der Waals surface area contributed by atoms with E-state index in [4.69, 9.17) is 0 Å². The SMILES string of the molecule is CN(C)S(=O)(=O)c1cccc(C(=O)NCC(=O)NC2CCN(C3CC3)CC2)c1. The molecule has 2 fully saturated rings. The summed E-state index contributed by atoms with van der Waals surface area (Å²) in [5, 5.41) is 5.54. The van der Waals surface area contributed by atoms with Crippen LogP contribution in [0.2, 0.25) is 0 Å². The van der Waals surface area contributed by atoms with Crippen molar-refractivity contribution in [1.29, 1.82) is 0 Å². The van der Waals surface area contributed by atoms with Crippen molar-refractivity contribution < 1.29 is 18.0 Å². The Morgan fingerprint density at radius 3 is 2.43 bits per heavy atom. The van der Waals surface area contributed by atoms with E-state index in [1.807, 2.05) is 0 Å². The quantitative estimate of drug-likeness (QED) is 0.681. The number of benzene rings is 1. The molecule has 0 bridgehead atoms. The Morgan fingerprint density at radius 1 is 1.14 bits per heavy atom. The predicted molar refractivity (Wildman–Crippen MR) is 105 cm³/mol. The van der Waals surface area contributed by atoms with Crippen LogP contribution >= 0.6 is 0 Å². The van der Waals surface area contributed by atoms with Crippen LogP contribution in [0.5, 0.6) is 0 Å². The lowest BCUT2D eigenvalue weighted by Crippen LogP contribution is -2.47. The summed E-state index contributed by atoms with van der Waals surface area (Å²) in [6.07, 6.45) is 4.45. The molecule has 1 aliphatic carbocycles. The number of nitrogens with one attached hydrogen (secondary N) is 2. The first-order chi connectivity index (χ1) is 13.3. The van der Waals surface area contributed by atoms with Crippen LogP contribution in [-0.2, 0) is 14.8 Å². The van der Waals surface area contributed by atoms with Crippen LogP contribution in [0.3, 0.4) is 0 Å². The van der Waals surface area contributed by atoms with Crippen molar-refractivity contribution in [2.75, 3.05) is 33.7 Å². The fraction of sp³-hybridized carbons (Fsp3) is 0.579. The molecule has 2 N–H and O–H groups in total. The maximum atomic E-state index is 12.3. The van der Waals surface area contributed by atoms with Gasteiger partial charge in [-0.15, -0.1) is 0 Å². The highest BCUT2D eigenvalue weighted by Crippen LogP contribution is 2.29. The van der Waals surface area contributed by atoms with E-state index in [1.165, 1.54) is 51.2 Å². The summed E-state index contributed by atoms with van der Waals surface area (Å²) in [4.78, 5) is 27.0. The van der Waals surface area contributed by atoms with Crippen LogP contribution in [0, 0.1) is 0 Å². The number of carbonyl (C=O) groups is 2. The van der Waals surface area contributed by atoms with Gasteiger partial charge in [-0.3, -0.25) is 9.59 Å². The second-order valence-electron chi connectivity index (χ2n) is 7.61. The molecule has 1 aromatic carbocycles. The number of amides is 2. The van der Waals surface area contributed by atoms with Crippen molar-refractivity contribution in [3.8, 4) is 0 Å². The molecule has 8 nitrogen and oxygen atoms in total. The predicted octanol–water partition coefficient (Wildman–Crippen LogP) is 0.410. The molecule has 1 heterocycles. The summed E-state index contributed by atoms with van der Waals surface area (Å²) < 4.78 is 25.5. The lowest BCUT2D eigenvalue weighted by atomic mass is 10.0. The molecule has 0 spiro atoms. The van der Waals surface area contributed by atoms with Crippen LogP contribution in [0.4, 0.5) is 0 Å². The third kappa shape index (κ3) is 5.09. The molecule has 154 valence electrons. The van der Waals surface area contributed by atoms with Crippen molar-refractivity contribution in [3.63, 3.8) is 0 Å². The van der Waals surface area contributed by atoms with E-state index < -0.39 is 15.9 Å². The maximum Gasteiger partial charge on any atom is 0.251 e. The minimum absolute atomic E-state index is 0.0389. The van der Waals surface area contributed by atoms with Crippen molar-refractivity contribution in [2.24, 2.45) is 0 Å². The number of sulfonamides is 1. The van der Waals surface area contributed by atoms with Gasteiger partial charge in [0.25, 0.3) is 5.91 Å². The van der Waals surface area contributed by atoms with Crippen LogP contribution < -0.4 is 10.6 Å². The first-order valence-corrected chi connectivity index (χ1v) is 11.1. The second kappa shape index (κ2) is 8.59. The lowest BCUT2D eigenvalue weighted by molar-refractivity contribution is -0.121. The normalized spacial score (nSPS) is 18.8. The average molecular weight is 409 g/mol. The zero-order valence-corrected chi connectivity index (χ0v) is 17.2. The first kappa shape index (κ1) is 20.8. The smallest absolute Gasteiger partial charge is 0.251 e. The van der Waals surface area contributed by atoms with Gasteiger partial charge < -0.3 is 15.5 Å². The Kier molecular flexibility index (Phi) is 6.36. The molecule has 28 heavy (non-hydrogen) atoms. The Hall–Kier alpha value is -1.97. The van der Waals surface area contributed by atoms with Gasteiger partial charge in [-0.2, -0.15) is 0 Å². The van der Waals surface area contributed by atoms with Crippen LogP contribution in [0.25, 0.3) is 0 Å². The van der Waals surface area contributed by atoms with Gasteiger partial charge in [-0.05, 0) is 43.9 Å².